The number of rotatable bonds is 29. The molecule has 0 aliphatic carbocycles. The number of nitrogens with one attached hydrogen (secondary N) is 3. The second kappa shape index (κ2) is 27.3. The number of hydrogen-bond donors (Lipinski definition) is 7. The molecule has 0 unspecified atom stereocenters. The number of aliphatic hydroxyl groups excluding tert-OH is 2. The van der Waals surface area contributed by atoms with Crippen LogP contribution in [0.2, 0.25) is 0 Å². The van der Waals surface area contributed by atoms with E-state index >= 15 is 0 Å². The first-order chi connectivity index (χ1) is 25.2. The highest BCUT2D eigenvalue weighted by Gasteiger charge is 2.47. The molecule has 0 saturated carbocycles. The van der Waals surface area contributed by atoms with Gasteiger partial charge in [-0.15, -0.1) is 0 Å². The average Bonchev–Trinajstić information content (AvgIpc) is 3.09. The lowest BCUT2D eigenvalue weighted by Gasteiger charge is -2.43. The van der Waals surface area contributed by atoms with Crippen LogP contribution < -0.4 is 21.7 Å². The molecule has 8 atom stereocenters. The standard InChI is InChI=1S/C37H66N4O12/c1-5-6-7-8-9-10-11-12-13-14-15-16-17-18-19-20-30(45)51-23-28-32(46)33(31(37(50)53-28)40-26(4)42)52-25(3)36(49)39-24(2)35(48)41-27(34(38)47)21-22-29(43)44/h24-25,27-28,31-33,37,46,50H,5-23H2,1-4H3,(H2,38,47)(H,39,49)(H,40,42)(H,41,48)(H,43,44)/t24-,25-,27+,28+,31-,32-,33+,37+/m1/s1. The summed E-state index contributed by atoms with van der Waals surface area (Å²) >= 11 is 0. The zero-order valence-corrected chi connectivity index (χ0v) is 32.1. The molecule has 0 spiro atoms. The van der Waals surface area contributed by atoms with Gasteiger partial charge in [0.1, 0.15) is 49.1 Å². The summed E-state index contributed by atoms with van der Waals surface area (Å²) in [7, 11) is 0. The van der Waals surface area contributed by atoms with Gasteiger partial charge in [0.25, 0.3) is 0 Å². The van der Waals surface area contributed by atoms with Gasteiger partial charge in [-0.05, 0) is 26.7 Å². The Morgan fingerprint density at radius 2 is 1.30 bits per heavy atom. The topological polar surface area (TPSA) is 253 Å². The Kier molecular flexibility index (Phi) is 24.5. The lowest BCUT2D eigenvalue weighted by atomic mass is 9.96. The molecule has 0 aromatic rings. The number of ether oxygens (including phenoxy) is 3. The minimum atomic E-state index is -1.69. The summed E-state index contributed by atoms with van der Waals surface area (Å²) in [5.74, 6) is -4.85. The molecule has 0 aromatic carbocycles. The number of amides is 4. The zero-order valence-electron chi connectivity index (χ0n) is 32.1. The second-order valence-electron chi connectivity index (χ2n) is 14.0. The van der Waals surface area contributed by atoms with Crippen molar-refractivity contribution in [2.24, 2.45) is 5.73 Å². The third-order valence-corrected chi connectivity index (χ3v) is 9.25. The van der Waals surface area contributed by atoms with Gasteiger partial charge in [-0.2, -0.15) is 0 Å². The van der Waals surface area contributed by atoms with Crippen molar-refractivity contribution in [1.82, 2.24) is 16.0 Å². The van der Waals surface area contributed by atoms with E-state index in [0.717, 1.165) is 19.3 Å². The van der Waals surface area contributed by atoms with E-state index in [-0.39, 0.29) is 12.8 Å². The number of carbonyl (C=O) groups excluding carboxylic acids is 5. The van der Waals surface area contributed by atoms with Gasteiger partial charge in [-0.25, -0.2) is 0 Å². The van der Waals surface area contributed by atoms with Crippen molar-refractivity contribution in [2.45, 2.75) is 192 Å². The molecule has 1 saturated heterocycles. The van der Waals surface area contributed by atoms with E-state index in [0.29, 0.717) is 6.42 Å². The minimum absolute atomic E-state index is 0.181. The fraction of sp³-hybridized carbons (Fsp3) is 0.838. The van der Waals surface area contributed by atoms with Crippen molar-refractivity contribution in [3.05, 3.63) is 0 Å². The minimum Gasteiger partial charge on any atom is -0.481 e. The Labute approximate surface area is 314 Å². The van der Waals surface area contributed by atoms with Crippen LogP contribution in [-0.4, -0.2) is 106 Å². The molecule has 16 heteroatoms. The Hall–Kier alpha value is -3.34. The molecule has 1 aliphatic heterocycles. The molecule has 1 fully saturated rings. The van der Waals surface area contributed by atoms with Gasteiger partial charge < -0.3 is 51.2 Å². The molecule has 0 aromatic heterocycles. The number of carbonyl (C=O) groups is 6. The van der Waals surface area contributed by atoms with Gasteiger partial charge in [0.15, 0.2) is 6.29 Å². The van der Waals surface area contributed by atoms with E-state index in [1.54, 1.807) is 0 Å². The molecule has 0 radical (unpaired) electrons. The van der Waals surface area contributed by atoms with Crippen LogP contribution in [0.5, 0.6) is 0 Å². The number of primary amides is 1. The highest BCUT2D eigenvalue weighted by molar-refractivity contribution is 5.92. The van der Waals surface area contributed by atoms with E-state index in [4.69, 9.17) is 25.1 Å². The Balaban J connectivity index is 2.53. The molecule has 1 rings (SSSR count). The monoisotopic (exact) mass is 758 g/mol. The highest BCUT2D eigenvalue weighted by atomic mass is 16.6. The molecular formula is C37H66N4O12. The molecule has 306 valence electrons. The first-order valence-corrected chi connectivity index (χ1v) is 19.4. The summed E-state index contributed by atoms with van der Waals surface area (Å²) in [6.07, 6.45) is 10.3. The Bertz CT molecular complexity index is 1130. The fourth-order valence-corrected chi connectivity index (χ4v) is 6.05. The lowest BCUT2D eigenvalue weighted by Crippen LogP contribution is -2.66. The van der Waals surface area contributed by atoms with Crippen LogP contribution in [0, 0.1) is 0 Å². The second-order valence-corrected chi connectivity index (χ2v) is 14.0. The number of aliphatic hydroxyl groups is 2. The van der Waals surface area contributed by atoms with E-state index in [1.807, 2.05) is 0 Å². The summed E-state index contributed by atoms with van der Waals surface area (Å²) in [5, 5.41) is 37.8. The van der Waals surface area contributed by atoms with Crippen molar-refractivity contribution in [1.29, 1.82) is 0 Å². The quantitative estimate of drug-likeness (QED) is 0.0429. The smallest absolute Gasteiger partial charge is 0.305 e. The fourth-order valence-electron chi connectivity index (χ4n) is 6.05. The van der Waals surface area contributed by atoms with Crippen LogP contribution in [0.15, 0.2) is 0 Å². The molecule has 0 bridgehead atoms. The number of nitrogens with two attached hydrogens (primary N) is 1. The van der Waals surface area contributed by atoms with Gasteiger partial charge >= 0.3 is 11.9 Å². The molecule has 1 aliphatic rings. The molecule has 16 nitrogen and oxygen atoms in total. The maximum Gasteiger partial charge on any atom is 0.305 e. The molecular weight excluding hydrogens is 692 g/mol. The third kappa shape index (κ3) is 20.6. The lowest BCUT2D eigenvalue weighted by molar-refractivity contribution is -0.267. The zero-order chi connectivity index (χ0) is 39.8. The van der Waals surface area contributed by atoms with Crippen LogP contribution in [0.1, 0.15) is 143 Å². The summed E-state index contributed by atoms with van der Waals surface area (Å²) in [5.41, 5.74) is 5.25. The van der Waals surface area contributed by atoms with Gasteiger partial charge in [0.2, 0.25) is 23.6 Å². The summed E-state index contributed by atoms with van der Waals surface area (Å²) in [6, 6.07) is -3.80. The largest absolute Gasteiger partial charge is 0.481 e. The number of unbranched alkanes of at least 4 members (excludes halogenated alkanes) is 14. The summed E-state index contributed by atoms with van der Waals surface area (Å²) < 4.78 is 16.6. The number of carboxylic acids is 1. The van der Waals surface area contributed by atoms with Crippen molar-refractivity contribution >= 4 is 35.6 Å². The van der Waals surface area contributed by atoms with Gasteiger partial charge in [-0.3, -0.25) is 28.8 Å². The van der Waals surface area contributed by atoms with Crippen LogP contribution in [0.4, 0.5) is 0 Å². The van der Waals surface area contributed by atoms with Gasteiger partial charge in [0.05, 0.1) is 0 Å². The van der Waals surface area contributed by atoms with Crippen LogP contribution in [-0.2, 0) is 43.0 Å². The number of esters is 1. The maximum absolute atomic E-state index is 12.9. The van der Waals surface area contributed by atoms with Crippen molar-refractivity contribution in [2.75, 3.05) is 6.61 Å². The third-order valence-electron chi connectivity index (χ3n) is 9.25. The first-order valence-electron chi connectivity index (χ1n) is 19.4. The van der Waals surface area contributed by atoms with Crippen molar-refractivity contribution < 1.29 is 58.3 Å². The van der Waals surface area contributed by atoms with Crippen LogP contribution >= 0.6 is 0 Å². The first kappa shape index (κ1) is 47.7. The van der Waals surface area contributed by atoms with Crippen LogP contribution in [0.3, 0.4) is 0 Å². The number of hydrogen-bond acceptors (Lipinski definition) is 11. The highest BCUT2D eigenvalue weighted by Crippen LogP contribution is 2.25. The van der Waals surface area contributed by atoms with Crippen LogP contribution in [0.25, 0.3) is 0 Å². The Morgan fingerprint density at radius 3 is 1.79 bits per heavy atom. The average molecular weight is 759 g/mol. The number of aliphatic carboxylic acids is 1. The van der Waals surface area contributed by atoms with E-state index in [1.165, 1.54) is 91.4 Å². The van der Waals surface area contributed by atoms with Crippen molar-refractivity contribution in [3.8, 4) is 0 Å². The predicted octanol–water partition coefficient (Wildman–Crippen LogP) is 2.49. The molecule has 4 amide bonds. The van der Waals surface area contributed by atoms with Gasteiger partial charge in [-0.1, -0.05) is 96.8 Å². The normalized spacial score (nSPS) is 21.5. The van der Waals surface area contributed by atoms with Crippen molar-refractivity contribution in [3.63, 3.8) is 0 Å². The van der Waals surface area contributed by atoms with Gasteiger partial charge in [0, 0.05) is 19.8 Å². The summed E-state index contributed by atoms with van der Waals surface area (Å²) in [4.78, 5) is 72.3. The van der Waals surface area contributed by atoms with E-state index in [2.05, 4.69) is 22.9 Å². The van der Waals surface area contributed by atoms with E-state index in [9.17, 15) is 39.0 Å². The number of carboxylic acid groups (broad SMARTS) is 1. The predicted molar refractivity (Wildman–Crippen MR) is 195 cm³/mol. The molecule has 8 N–H and O–H groups in total. The van der Waals surface area contributed by atoms with E-state index < -0.39 is 97.4 Å². The molecule has 1 heterocycles. The molecule has 53 heavy (non-hydrogen) atoms. The summed E-state index contributed by atoms with van der Waals surface area (Å²) in [6.45, 7) is 5.62. The SMILES string of the molecule is CCCCCCCCCCCCCCCCCC(=O)OC[C@@H]1O[C@H](O)[C@H](NC(C)=O)[C@H](O[C@H](C)C(=O)N[C@H](C)C(=O)N[C@@H](CCC(=O)O)C(N)=O)[C@@H]1O. The maximum atomic E-state index is 12.9. The Morgan fingerprint density at radius 1 is 0.774 bits per heavy atom.